The summed E-state index contributed by atoms with van der Waals surface area (Å²) in [6.45, 7) is 3.05. The smallest absolute Gasteiger partial charge is 0.294 e. The first kappa shape index (κ1) is 19.7. The van der Waals surface area contributed by atoms with Crippen LogP contribution >= 0.6 is 0 Å². The van der Waals surface area contributed by atoms with Crippen molar-refractivity contribution < 1.29 is 22.9 Å². The molecular weight excluding hydrogens is 380 g/mol. The number of carbonyl (C=O) groups excluding carboxylic acids is 1. The fourth-order valence-corrected chi connectivity index (χ4v) is 3.56. The average Bonchev–Trinajstić information content (AvgIpc) is 2.60. The van der Waals surface area contributed by atoms with Crippen LogP contribution in [-0.4, -0.2) is 23.9 Å². The maximum atomic E-state index is 11.7. The van der Waals surface area contributed by atoms with Gasteiger partial charge in [-0.1, -0.05) is 18.2 Å². The number of phenols is 1. The Bertz CT molecular complexity index is 1200. The number of ketones is 1. The molecule has 3 aromatic rings. The number of nitrogens with zero attached hydrogens (tertiary/aromatic N) is 2. The summed E-state index contributed by atoms with van der Waals surface area (Å²) < 4.78 is 32.6. The van der Waals surface area contributed by atoms with Gasteiger partial charge in [0.15, 0.2) is 5.75 Å². The highest BCUT2D eigenvalue weighted by Gasteiger charge is 2.19. The van der Waals surface area contributed by atoms with E-state index < -0.39 is 10.1 Å². The fourth-order valence-electron chi connectivity index (χ4n) is 2.99. The minimum absolute atomic E-state index is 0.105. The Hall–Kier alpha value is -3.10. The van der Waals surface area contributed by atoms with Gasteiger partial charge in [-0.25, -0.2) is 0 Å². The molecule has 0 aromatic heterocycles. The van der Waals surface area contributed by atoms with Crippen LogP contribution in [-0.2, 0) is 21.3 Å². The van der Waals surface area contributed by atoms with Crippen molar-refractivity contribution in [1.82, 2.24) is 0 Å². The highest BCUT2D eigenvalue weighted by atomic mass is 32.2. The minimum Gasteiger partial charge on any atom is -0.505 e. The summed E-state index contributed by atoms with van der Waals surface area (Å²) in [4.78, 5) is 11.3. The lowest BCUT2D eigenvalue weighted by Crippen LogP contribution is -2.03. The fraction of sp³-hybridized carbons (Fsp3) is 0.150. The number of fused-ring (bicyclic) bond motifs is 1. The molecule has 144 valence electrons. The molecule has 0 spiro atoms. The molecule has 3 aromatic carbocycles. The van der Waals surface area contributed by atoms with E-state index in [9.17, 15) is 22.9 Å². The molecule has 3 rings (SSSR count). The van der Waals surface area contributed by atoms with Crippen LogP contribution in [0.2, 0.25) is 0 Å². The predicted octanol–water partition coefficient (Wildman–Crippen LogP) is 4.65. The van der Waals surface area contributed by atoms with Crippen molar-refractivity contribution in [2.24, 2.45) is 10.2 Å². The Morgan fingerprint density at radius 3 is 2.36 bits per heavy atom. The molecule has 0 amide bonds. The van der Waals surface area contributed by atoms with Crippen molar-refractivity contribution in [3.8, 4) is 5.75 Å². The lowest BCUT2D eigenvalue weighted by atomic mass is 9.97. The number of Topliss-reactive ketones (excluding diaryl/α,β-unsaturated/α-hetero) is 1. The quantitative estimate of drug-likeness (QED) is 0.479. The van der Waals surface area contributed by atoms with Gasteiger partial charge in [-0.2, -0.15) is 13.5 Å². The Morgan fingerprint density at radius 2 is 1.75 bits per heavy atom. The second-order valence-corrected chi connectivity index (χ2v) is 7.88. The lowest BCUT2D eigenvalue weighted by Gasteiger charge is -2.13. The molecule has 28 heavy (non-hydrogen) atoms. The van der Waals surface area contributed by atoms with Gasteiger partial charge < -0.3 is 5.11 Å². The highest BCUT2D eigenvalue weighted by Crippen LogP contribution is 2.41. The van der Waals surface area contributed by atoms with E-state index in [2.05, 4.69) is 10.2 Å². The van der Waals surface area contributed by atoms with Crippen molar-refractivity contribution in [1.29, 1.82) is 0 Å². The number of hydrogen-bond acceptors (Lipinski definition) is 6. The van der Waals surface area contributed by atoms with Crippen LogP contribution in [0, 0.1) is 6.92 Å². The zero-order valence-electron chi connectivity index (χ0n) is 15.2. The van der Waals surface area contributed by atoms with Gasteiger partial charge in [-0.05, 0) is 60.7 Å². The molecule has 0 aliphatic heterocycles. The summed E-state index contributed by atoms with van der Waals surface area (Å²) in [7, 11) is -4.47. The maximum Gasteiger partial charge on any atom is 0.294 e. The van der Waals surface area contributed by atoms with Gasteiger partial charge in [-0.15, -0.1) is 5.11 Å². The first-order valence-electron chi connectivity index (χ1n) is 8.39. The number of aromatic hydroxyl groups is 1. The van der Waals surface area contributed by atoms with E-state index in [0.717, 1.165) is 0 Å². The van der Waals surface area contributed by atoms with Crippen LogP contribution in [0.25, 0.3) is 10.8 Å². The second-order valence-electron chi connectivity index (χ2n) is 6.46. The number of phenolic OH excluding ortho intramolecular Hbond substituents is 1. The van der Waals surface area contributed by atoms with Gasteiger partial charge in [0.25, 0.3) is 10.1 Å². The molecule has 0 aliphatic rings. The molecule has 0 atom stereocenters. The standard InChI is InChI=1S/C20H18N2O5S/c1-12-8-14-10-17(28(25,26)27)11-15(9-13(2)23)18(14)20(24)19(12)22-21-16-6-4-3-5-7-16/h3-8,10-11,24H,9H2,1-2H3,(H,25,26,27). The van der Waals surface area contributed by atoms with E-state index in [-0.39, 0.29) is 34.1 Å². The van der Waals surface area contributed by atoms with E-state index in [1.165, 1.54) is 19.1 Å². The number of aryl methyl sites for hydroxylation is 1. The Morgan fingerprint density at radius 1 is 1.07 bits per heavy atom. The third-order valence-corrected chi connectivity index (χ3v) is 5.02. The number of carbonyl (C=O) groups is 1. The molecular formula is C20H18N2O5S. The van der Waals surface area contributed by atoms with Crippen molar-refractivity contribution >= 4 is 38.0 Å². The van der Waals surface area contributed by atoms with Gasteiger partial charge in [0.2, 0.25) is 0 Å². The molecule has 2 N–H and O–H groups in total. The molecule has 0 unspecified atom stereocenters. The molecule has 0 saturated carbocycles. The highest BCUT2D eigenvalue weighted by molar-refractivity contribution is 7.85. The predicted molar refractivity (Wildman–Crippen MR) is 105 cm³/mol. The number of benzene rings is 3. The summed E-state index contributed by atoms with van der Waals surface area (Å²) >= 11 is 0. The van der Waals surface area contributed by atoms with E-state index >= 15 is 0 Å². The Balaban J connectivity index is 2.26. The van der Waals surface area contributed by atoms with Crippen LogP contribution in [0.1, 0.15) is 18.1 Å². The molecule has 0 aliphatic carbocycles. The first-order valence-corrected chi connectivity index (χ1v) is 9.83. The van der Waals surface area contributed by atoms with Gasteiger partial charge >= 0.3 is 0 Å². The molecule has 0 fully saturated rings. The molecule has 7 nitrogen and oxygen atoms in total. The van der Waals surface area contributed by atoms with E-state index in [1.54, 1.807) is 25.1 Å². The van der Waals surface area contributed by atoms with Gasteiger partial charge in [0.05, 0.1) is 10.6 Å². The average molecular weight is 398 g/mol. The zero-order valence-corrected chi connectivity index (χ0v) is 16.1. The summed E-state index contributed by atoms with van der Waals surface area (Å²) in [5.74, 6) is -0.422. The SMILES string of the molecule is CC(=O)Cc1cc(S(=O)(=O)O)cc2cc(C)c(N=Nc3ccccc3)c(O)c12. The number of azo groups is 1. The van der Waals surface area contributed by atoms with E-state index in [4.69, 9.17) is 0 Å². The molecule has 8 heteroatoms. The second kappa shape index (κ2) is 7.49. The maximum absolute atomic E-state index is 11.7. The first-order chi connectivity index (χ1) is 13.2. The lowest BCUT2D eigenvalue weighted by molar-refractivity contribution is -0.116. The van der Waals surface area contributed by atoms with Crippen LogP contribution < -0.4 is 0 Å². The Kier molecular flexibility index (Phi) is 5.26. The molecule has 0 radical (unpaired) electrons. The zero-order chi connectivity index (χ0) is 20.5. The van der Waals surface area contributed by atoms with E-state index in [1.807, 2.05) is 18.2 Å². The van der Waals surface area contributed by atoms with Crippen LogP contribution in [0.3, 0.4) is 0 Å². The number of rotatable bonds is 5. The normalized spacial score (nSPS) is 12.0. The monoisotopic (exact) mass is 398 g/mol. The summed E-state index contributed by atoms with van der Waals surface area (Å²) in [6.07, 6.45) is -0.105. The van der Waals surface area contributed by atoms with Crippen molar-refractivity contribution in [3.05, 3.63) is 59.7 Å². The largest absolute Gasteiger partial charge is 0.505 e. The third-order valence-electron chi connectivity index (χ3n) is 4.19. The van der Waals surface area contributed by atoms with Crippen LogP contribution in [0.5, 0.6) is 5.75 Å². The van der Waals surface area contributed by atoms with Gasteiger partial charge in [-0.3, -0.25) is 9.35 Å². The summed E-state index contributed by atoms with van der Waals surface area (Å²) in [5, 5.41) is 19.7. The van der Waals surface area contributed by atoms with Gasteiger partial charge in [0.1, 0.15) is 11.5 Å². The van der Waals surface area contributed by atoms with E-state index in [0.29, 0.717) is 22.0 Å². The topological polar surface area (TPSA) is 116 Å². The van der Waals surface area contributed by atoms with Crippen LogP contribution in [0.15, 0.2) is 63.7 Å². The summed E-state index contributed by atoms with van der Waals surface area (Å²) in [5.41, 5.74) is 1.67. The molecule has 0 bridgehead atoms. The minimum atomic E-state index is -4.47. The molecule has 0 heterocycles. The Labute approximate surface area is 162 Å². The third kappa shape index (κ3) is 4.08. The molecule has 0 saturated heterocycles. The van der Waals surface area contributed by atoms with Crippen LogP contribution in [0.4, 0.5) is 11.4 Å². The van der Waals surface area contributed by atoms with Gasteiger partial charge in [0, 0.05) is 11.8 Å². The number of hydrogen-bond donors (Lipinski definition) is 2. The summed E-state index contributed by atoms with van der Waals surface area (Å²) in [6, 6.07) is 13.1. The van der Waals surface area contributed by atoms with Crippen molar-refractivity contribution in [2.75, 3.05) is 0 Å². The van der Waals surface area contributed by atoms with Crippen molar-refractivity contribution in [2.45, 2.75) is 25.2 Å². The van der Waals surface area contributed by atoms with Crippen molar-refractivity contribution in [3.63, 3.8) is 0 Å².